The molecule has 0 spiro atoms. The third-order valence-corrected chi connectivity index (χ3v) is 3.49. The van der Waals surface area contributed by atoms with Crippen molar-refractivity contribution in [2.24, 2.45) is 0 Å². The minimum atomic E-state index is -4.38. The molecule has 1 aromatic carbocycles. The average Bonchev–Trinajstić information content (AvgIpc) is 2.72. The van der Waals surface area contributed by atoms with Gasteiger partial charge >= 0.3 is 6.18 Å². The molecule has 0 unspecified atom stereocenters. The van der Waals surface area contributed by atoms with E-state index in [1.165, 1.54) is 6.07 Å². The molecule has 7 heteroatoms. The lowest BCUT2D eigenvalue weighted by Crippen LogP contribution is -2.07. The molecule has 0 bridgehead atoms. The summed E-state index contributed by atoms with van der Waals surface area (Å²) >= 11 is 6.05. The van der Waals surface area contributed by atoms with Crippen molar-refractivity contribution in [1.82, 2.24) is 0 Å². The van der Waals surface area contributed by atoms with Crippen LogP contribution >= 0.6 is 31.9 Å². The van der Waals surface area contributed by atoms with Crippen molar-refractivity contribution in [2.45, 2.75) is 12.7 Å². The minimum absolute atomic E-state index is 0.0197. The topological polar surface area (TPSA) is 25.2 Å². The molecule has 0 aliphatic rings. The van der Waals surface area contributed by atoms with Crippen molar-refractivity contribution in [2.75, 3.05) is 5.32 Å². The van der Waals surface area contributed by atoms with Gasteiger partial charge in [-0.15, -0.1) is 0 Å². The molecule has 0 aliphatic heterocycles. The third kappa shape index (κ3) is 3.76. The number of hydrogen-bond donors (Lipinski definition) is 1. The van der Waals surface area contributed by atoms with E-state index >= 15 is 0 Å². The number of anilines is 1. The second kappa shape index (κ2) is 5.58. The van der Waals surface area contributed by atoms with Gasteiger partial charge in [0.15, 0.2) is 4.67 Å². The number of nitrogens with one attached hydrogen (secondary N) is 1. The molecule has 0 aliphatic carbocycles. The zero-order chi connectivity index (χ0) is 14.0. The molecule has 0 amide bonds. The first-order valence-electron chi connectivity index (χ1n) is 5.21. The van der Waals surface area contributed by atoms with Crippen LogP contribution in [0.4, 0.5) is 18.9 Å². The third-order valence-electron chi connectivity index (χ3n) is 2.37. The van der Waals surface area contributed by atoms with Gasteiger partial charge in [0.1, 0.15) is 5.76 Å². The molecule has 0 fully saturated rings. The van der Waals surface area contributed by atoms with E-state index in [-0.39, 0.29) is 4.47 Å². The van der Waals surface area contributed by atoms with Crippen LogP contribution in [-0.4, -0.2) is 0 Å². The molecular weight excluding hydrogens is 391 g/mol. The van der Waals surface area contributed by atoms with E-state index in [0.717, 1.165) is 6.07 Å². The quantitative estimate of drug-likeness (QED) is 0.745. The molecule has 1 N–H and O–H groups in total. The Morgan fingerprint density at radius 2 is 1.84 bits per heavy atom. The van der Waals surface area contributed by atoms with Gasteiger partial charge in [-0.3, -0.25) is 0 Å². The molecule has 19 heavy (non-hydrogen) atoms. The van der Waals surface area contributed by atoms with Gasteiger partial charge in [-0.25, -0.2) is 0 Å². The van der Waals surface area contributed by atoms with E-state index in [1.807, 2.05) is 0 Å². The summed E-state index contributed by atoms with van der Waals surface area (Å²) in [6.45, 7) is 0.310. The standard InChI is InChI=1S/C12H8Br2F3NO/c13-10-3-1-7(5-9(10)12(15,16)17)18-6-8-2-4-11(14)19-8/h1-5,18H,6H2. The summed E-state index contributed by atoms with van der Waals surface area (Å²) < 4.78 is 44.0. The Morgan fingerprint density at radius 1 is 1.11 bits per heavy atom. The summed E-state index contributed by atoms with van der Waals surface area (Å²) in [5, 5.41) is 2.88. The Hall–Kier alpha value is -0.950. The monoisotopic (exact) mass is 397 g/mol. The number of rotatable bonds is 3. The summed E-state index contributed by atoms with van der Waals surface area (Å²) in [5.41, 5.74) is -0.332. The molecular formula is C12H8Br2F3NO. The van der Waals surface area contributed by atoms with Crippen LogP contribution < -0.4 is 5.32 Å². The Labute approximate surface area is 124 Å². The lowest BCUT2D eigenvalue weighted by molar-refractivity contribution is -0.138. The normalized spacial score (nSPS) is 11.6. The van der Waals surface area contributed by atoms with E-state index in [1.54, 1.807) is 18.2 Å². The Balaban J connectivity index is 2.13. The predicted octanol–water partition coefficient (Wildman–Crippen LogP) is 5.44. The van der Waals surface area contributed by atoms with Crippen molar-refractivity contribution >= 4 is 37.5 Å². The van der Waals surface area contributed by atoms with Crippen LogP contribution in [0, 0.1) is 0 Å². The molecule has 102 valence electrons. The summed E-state index contributed by atoms with van der Waals surface area (Å²) in [4.78, 5) is 0. The first-order valence-corrected chi connectivity index (χ1v) is 6.79. The Bertz CT molecular complexity index is 581. The maximum absolute atomic E-state index is 12.7. The van der Waals surface area contributed by atoms with Crippen molar-refractivity contribution in [3.8, 4) is 0 Å². The smallest absolute Gasteiger partial charge is 0.417 e. The SMILES string of the molecule is FC(F)(F)c1cc(NCc2ccc(Br)o2)ccc1Br. The van der Waals surface area contributed by atoms with Crippen molar-refractivity contribution in [1.29, 1.82) is 0 Å². The van der Waals surface area contributed by atoms with Crippen LogP contribution in [0.25, 0.3) is 0 Å². The van der Waals surface area contributed by atoms with E-state index in [2.05, 4.69) is 37.2 Å². The summed E-state index contributed by atoms with van der Waals surface area (Å²) in [7, 11) is 0. The molecule has 2 rings (SSSR count). The molecule has 0 atom stereocenters. The van der Waals surface area contributed by atoms with Crippen LogP contribution in [0.15, 0.2) is 43.9 Å². The van der Waals surface area contributed by atoms with Gasteiger partial charge in [-0.2, -0.15) is 13.2 Å². The molecule has 2 aromatic rings. The van der Waals surface area contributed by atoms with Crippen LogP contribution in [0.5, 0.6) is 0 Å². The highest BCUT2D eigenvalue weighted by molar-refractivity contribution is 9.10. The first-order chi connectivity index (χ1) is 8.86. The fourth-order valence-corrected chi connectivity index (χ4v) is 2.30. The van der Waals surface area contributed by atoms with E-state index in [9.17, 15) is 13.2 Å². The number of halogens is 5. The van der Waals surface area contributed by atoms with Crippen LogP contribution in [0.1, 0.15) is 11.3 Å². The zero-order valence-corrected chi connectivity index (χ0v) is 12.6. The highest BCUT2D eigenvalue weighted by atomic mass is 79.9. The van der Waals surface area contributed by atoms with E-state index in [4.69, 9.17) is 4.42 Å². The lowest BCUT2D eigenvalue weighted by atomic mass is 10.2. The molecule has 1 aromatic heterocycles. The molecule has 2 nitrogen and oxygen atoms in total. The fourth-order valence-electron chi connectivity index (χ4n) is 1.49. The number of alkyl halides is 3. The van der Waals surface area contributed by atoms with Gasteiger partial charge in [0.2, 0.25) is 0 Å². The van der Waals surface area contributed by atoms with Crippen molar-refractivity contribution < 1.29 is 17.6 Å². The fraction of sp³-hybridized carbons (Fsp3) is 0.167. The minimum Gasteiger partial charge on any atom is -0.452 e. The maximum Gasteiger partial charge on any atom is 0.417 e. The highest BCUT2D eigenvalue weighted by Crippen LogP contribution is 2.36. The van der Waals surface area contributed by atoms with Gasteiger partial charge in [0, 0.05) is 10.2 Å². The van der Waals surface area contributed by atoms with Gasteiger partial charge in [-0.1, -0.05) is 15.9 Å². The van der Waals surface area contributed by atoms with Gasteiger partial charge in [0.25, 0.3) is 0 Å². The summed E-state index contributed by atoms with van der Waals surface area (Å²) in [5.74, 6) is 0.628. The summed E-state index contributed by atoms with van der Waals surface area (Å²) in [6, 6.07) is 7.45. The molecule has 0 saturated heterocycles. The number of hydrogen-bond acceptors (Lipinski definition) is 2. The number of benzene rings is 1. The van der Waals surface area contributed by atoms with Gasteiger partial charge < -0.3 is 9.73 Å². The molecule has 0 saturated carbocycles. The largest absolute Gasteiger partial charge is 0.452 e. The van der Waals surface area contributed by atoms with Gasteiger partial charge in [-0.05, 0) is 46.3 Å². The van der Waals surface area contributed by atoms with E-state index < -0.39 is 11.7 Å². The van der Waals surface area contributed by atoms with Crippen molar-refractivity contribution in [3.05, 3.63) is 50.8 Å². The second-order valence-electron chi connectivity index (χ2n) is 3.75. The lowest BCUT2D eigenvalue weighted by Gasteiger charge is -2.12. The second-order valence-corrected chi connectivity index (χ2v) is 5.39. The summed E-state index contributed by atoms with van der Waals surface area (Å²) in [6.07, 6.45) is -4.38. The van der Waals surface area contributed by atoms with Gasteiger partial charge in [0.05, 0.1) is 12.1 Å². The Kier molecular flexibility index (Phi) is 4.25. The molecule has 0 radical (unpaired) electrons. The van der Waals surface area contributed by atoms with Crippen molar-refractivity contribution in [3.63, 3.8) is 0 Å². The van der Waals surface area contributed by atoms with Crippen LogP contribution in [0.3, 0.4) is 0 Å². The Morgan fingerprint density at radius 3 is 2.42 bits per heavy atom. The maximum atomic E-state index is 12.7. The predicted molar refractivity (Wildman–Crippen MR) is 72.9 cm³/mol. The highest BCUT2D eigenvalue weighted by Gasteiger charge is 2.33. The van der Waals surface area contributed by atoms with Crippen LogP contribution in [-0.2, 0) is 12.7 Å². The average molecular weight is 399 g/mol. The number of furan rings is 1. The van der Waals surface area contributed by atoms with E-state index in [0.29, 0.717) is 22.7 Å². The first kappa shape index (κ1) is 14.5. The molecule has 1 heterocycles. The zero-order valence-electron chi connectivity index (χ0n) is 9.39. The van der Waals surface area contributed by atoms with Crippen LogP contribution in [0.2, 0.25) is 0 Å².